The number of nitrogens with one attached hydrogen (secondary N) is 1. The summed E-state index contributed by atoms with van der Waals surface area (Å²) in [5.41, 5.74) is 5.19. The average Bonchev–Trinajstić information content (AvgIpc) is 2.39. The number of amides is 1. The molecule has 1 heterocycles. The summed E-state index contributed by atoms with van der Waals surface area (Å²) in [6.45, 7) is 0.781. The second-order valence-electron chi connectivity index (χ2n) is 4.96. The lowest BCUT2D eigenvalue weighted by Gasteiger charge is -2.44. The van der Waals surface area contributed by atoms with E-state index in [1.54, 1.807) is 0 Å². The first-order chi connectivity index (χ1) is 9.62. The standard InChI is InChI=1S/C11H20N2O8/c1-4(14)13-7-5(15)2-11(20,10(18)19)21-9(7)8(17)6(16)3-12/h5-9,15-17,20H,2-3,12H2,1H3,(H,13,14)(H,18,19)/t5?,6-,7-,8+,9?,11+/m1/s1. The molecule has 1 aliphatic heterocycles. The van der Waals surface area contributed by atoms with Crippen LogP contribution in [0.25, 0.3) is 0 Å². The van der Waals surface area contributed by atoms with Crippen LogP contribution in [0.1, 0.15) is 13.3 Å². The molecule has 21 heavy (non-hydrogen) atoms. The molecule has 0 spiro atoms. The van der Waals surface area contributed by atoms with Gasteiger partial charge in [-0.3, -0.25) is 4.79 Å². The molecule has 0 aromatic heterocycles. The number of carbonyl (C=O) groups is 2. The molecule has 10 nitrogen and oxygen atoms in total. The van der Waals surface area contributed by atoms with Crippen molar-refractivity contribution in [3.05, 3.63) is 0 Å². The summed E-state index contributed by atoms with van der Waals surface area (Å²) in [6.07, 6.45) is -6.98. The Labute approximate surface area is 120 Å². The van der Waals surface area contributed by atoms with Crippen LogP contribution in [0.5, 0.6) is 0 Å². The van der Waals surface area contributed by atoms with E-state index in [4.69, 9.17) is 15.6 Å². The first kappa shape index (κ1) is 17.8. The Balaban J connectivity index is 3.07. The number of aliphatic carboxylic acids is 1. The van der Waals surface area contributed by atoms with Gasteiger partial charge in [0.1, 0.15) is 12.2 Å². The minimum absolute atomic E-state index is 0.366. The van der Waals surface area contributed by atoms with E-state index in [0.717, 1.165) is 6.92 Å². The number of aliphatic hydroxyl groups excluding tert-OH is 3. The summed E-state index contributed by atoms with van der Waals surface area (Å²) in [4.78, 5) is 22.2. The van der Waals surface area contributed by atoms with E-state index in [0.29, 0.717) is 0 Å². The third-order valence-electron chi connectivity index (χ3n) is 3.26. The van der Waals surface area contributed by atoms with Crippen molar-refractivity contribution in [2.75, 3.05) is 6.54 Å². The maximum atomic E-state index is 11.1. The molecule has 1 amide bonds. The highest BCUT2D eigenvalue weighted by Gasteiger charge is 2.53. The van der Waals surface area contributed by atoms with E-state index in [2.05, 4.69) is 5.32 Å². The predicted octanol–water partition coefficient (Wildman–Crippen LogP) is -3.91. The fourth-order valence-electron chi connectivity index (χ4n) is 2.17. The molecular weight excluding hydrogens is 288 g/mol. The van der Waals surface area contributed by atoms with Crippen LogP contribution in [-0.2, 0) is 14.3 Å². The molecule has 8 N–H and O–H groups in total. The first-order valence-corrected chi connectivity index (χ1v) is 6.27. The van der Waals surface area contributed by atoms with Gasteiger partial charge in [-0.1, -0.05) is 0 Å². The van der Waals surface area contributed by atoms with Crippen molar-refractivity contribution >= 4 is 11.9 Å². The fourth-order valence-corrected chi connectivity index (χ4v) is 2.17. The Morgan fingerprint density at radius 3 is 2.48 bits per heavy atom. The van der Waals surface area contributed by atoms with Crippen molar-refractivity contribution < 1.29 is 39.9 Å². The molecule has 2 unspecified atom stereocenters. The maximum absolute atomic E-state index is 11.1. The zero-order chi connectivity index (χ0) is 16.4. The van der Waals surface area contributed by atoms with Crippen LogP contribution in [0.4, 0.5) is 0 Å². The fraction of sp³-hybridized carbons (Fsp3) is 0.818. The number of hydrogen-bond donors (Lipinski definition) is 7. The molecule has 0 radical (unpaired) electrons. The van der Waals surface area contributed by atoms with E-state index >= 15 is 0 Å². The number of carbonyl (C=O) groups excluding carboxylic acids is 1. The second kappa shape index (κ2) is 6.64. The molecule has 10 heteroatoms. The highest BCUT2D eigenvalue weighted by Crippen LogP contribution is 2.30. The lowest BCUT2D eigenvalue weighted by molar-refractivity contribution is -0.294. The predicted molar refractivity (Wildman–Crippen MR) is 66.8 cm³/mol. The van der Waals surface area contributed by atoms with E-state index < -0.39 is 54.5 Å². The molecule has 1 rings (SSSR count). The number of nitrogens with two attached hydrogens (primary N) is 1. The summed E-state index contributed by atoms with van der Waals surface area (Å²) in [5, 5.41) is 50.5. The highest BCUT2D eigenvalue weighted by atomic mass is 16.7. The van der Waals surface area contributed by atoms with E-state index in [1.807, 2.05) is 0 Å². The molecule has 1 saturated heterocycles. The molecule has 1 aliphatic rings. The average molecular weight is 308 g/mol. The monoisotopic (exact) mass is 308 g/mol. The minimum Gasteiger partial charge on any atom is -0.477 e. The van der Waals surface area contributed by atoms with Gasteiger partial charge in [-0.2, -0.15) is 0 Å². The van der Waals surface area contributed by atoms with Gasteiger partial charge in [0.25, 0.3) is 5.79 Å². The van der Waals surface area contributed by atoms with E-state index in [-0.39, 0.29) is 6.54 Å². The van der Waals surface area contributed by atoms with Gasteiger partial charge in [-0.25, -0.2) is 4.79 Å². The molecule has 0 saturated carbocycles. The molecule has 1 fully saturated rings. The topological polar surface area (TPSA) is 183 Å². The summed E-state index contributed by atoms with van der Waals surface area (Å²) in [6, 6.07) is -1.21. The van der Waals surface area contributed by atoms with Gasteiger partial charge < -0.3 is 41.3 Å². The number of carboxylic acids is 1. The molecule has 122 valence electrons. The van der Waals surface area contributed by atoms with Crippen molar-refractivity contribution in [1.82, 2.24) is 5.32 Å². The van der Waals surface area contributed by atoms with Crippen LogP contribution in [0.3, 0.4) is 0 Å². The van der Waals surface area contributed by atoms with Gasteiger partial charge in [0.2, 0.25) is 5.91 Å². The van der Waals surface area contributed by atoms with Gasteiger partial charge in [-0.05, 0) is 0 Å². The lowest BCUT2D eigenvalue weighted by Crippen LogP contribution is -2.67. The van der Waals surface area contributed by atoms with Crippen molar-refractivity contribution in [3.63, 3.8) is 0 Å². The van der Waals surface area contributed by atoms with Crippen LogP contribution in [-0.4, -0.2) is 80.2 Å². The maximum Gasteiger partial charge on any atom is 0.364 e. The van der Waals surface area contributed by atoms with Crippen molar-refractivity contribution in [2.24, 2.45) is 5.73 Å². The largest absolute Gasteiger partial charge is 0.477 e. The van der Waals surface area contributed by atoms with Crippen molar-refractivity contribution in [3.8, 4) is 0 Å². The highest BCUT2D eigenvalue weighted by molar-refractivity contribution is 5.76. The third kappa shape index (κ3) is 3.87. The quantitative estimate of drug-likeness (QED) is 0.267. The van der Waals surface area contributed by atoms with Crippen molar-refractivity contribution in [1.29, 1.82) is 0 Å². The van der Waals surface area contributed by atoms with Gasteiger partial charge in [0, 0.05) is 19.9 Å². The van der Waals surface area contributed by atoms with Crippen LogP contribution in [0.2, 0.25) is 0 Å². The molecule has 0 aliphatic carbocycles. The summed E-state index contributed by atoms with van der Waals surface area (Å²) >= 11 is 0. The molecule has 6 atom stereocenters. The Bertz CT molecular complexity index is 406. The second-order valence-corrected chi connectivity index (χ2v) is 4.96. The molecular formula is C11H20N2O8. The smallest absolute Gasteiger partial charge is 0.364 e. The van der Waals surface area contributed by atoms with Crippen LogP contribution >= 0.6 is 0 Å². The van der Waals surface area contributed by atoms with Gasteiger partial charge in [-0.15, -0.1) is 0 Å². The summed E-state index contributed by atoms with van der Waals surface area (Å²) in [7, 11) is 0. The number of rotatable bonds is 5. The number of hydrogen-bond acceptors (Lipinski definition) is 8. The van der Waals surface area contributed by atoms with Gasteiger partial charge >= 0.3 is 5.97 Å². The Morgan fingerprint density at radius 2 is 2.05 bits per heavy atom. The van der Waals surface area contributed by atoms with Gasteiger partial charge in [0.05, 0.1) is 18.2 Å². The van der Waals surface area contributed by atoms with Crippen LogP contribution in [0.15, 0.2) is 0 Å². The van der Waals surface area contributed by atoms with Crippen LogP contribution in [0, 0.1) is 0 Å². The molecule has 0 aromatic rings. The van der Waals surface area contributed by atoms with E-state index in [1.165, 1.54) is 0 Å². The molecule has 0 bridgehead atoms. The van der Waals surface area contributed by atoms with Crippen molar-refractivity contribution in [2.45, 2.75) is 49.6 Å². The Hall–Kier alpha value is -1.30. The lowest BCUT2D eigenvalue weighted by atomic mass is 9.88. The summed E-state index contributed by atoms with van der Waals surface area (Å²) in [5.74, 6) is -5.07. The normalized spacial score (nSPS) is 35.8. The number of aliphatic hydroxyl groups is 4. The SMILES string of the molecule is CC(=O)N[C@@H]1C(O)C[C@@](O)(C(=O)O)OC1[C@@H](O)[C@H](O)CN. The number of carboxylic acid groups (broad SMARTS) is 1. The minimum atomic E-state index is -2.74. The zero-order valence-electron chi connectivity index (χ0n) is 11.3. The third-order valence-corrected chi connectivity index (χ3v) is 3.26. The van der Waals surface area contributed by atoms with Gasteiger partial charge in [0.15, 0.2) is 0 Å². The first-order valence-electron chi connectivity index (χ1n) is 6.27. The van der Waals surface area contributed by atoms with Crippen LogP contribution < -0.4 is 11.1 Å². The Morgan fingerprint density at radius 1 is 1.48 bits per heavy atom. The Kier molecular flexibility index (Phi) is 5.61. The molecule has 0 aromatic carbocycles. The zero-order valence-corrected chi connectivity index (χ0v) is 11.3. The van der Waals surface area contributed by atoms with E-state index in [9.17, 15) is 30.0 Å². The number of ether oxygens (including phenoxy) is 1. The summed E-state index contributed by atoms with van der Waals surface area (Å²) < 4.78 is 4.92.